The fourth-order valence-electron chi connectivity index (χ4n) is 2.13. The second-order valence-corrected chi connectivity index (χ2v) is 5.57. The van der Waals surface area contributed by atoms with Gasteiger partial charge in [-0.15, -0.1) is 11.3 Å². The molecule has 0 atom stereocenters. The average molecular weight is 254 g/mol. The Balaban J connectivity index is 2.19. The standard InChI is InChI=1S/C15H14N2S/c1-9-7-10(2)14-13(8-9)17-15(18-14)11-3-5-12(16)6-4-11/h3-8H,16H2,1-2H3. The van der Waals surface area contributed by atoms with E-state index in [1.165, 1.54) is 15.8 Å². The number of benzene rings is 2. The lowest BCUT2D eigenvalue weighted by Gasteiger charge is -1.96. The zero-order valence-corrected chi connectivity index (χ0v) is 11.2. The Hall–Kier alpha value is -1.87. The molecule has 3 rings (SSSR count). The van der Waals surface area contributed by atoms with E-state index in [4.69, 9.17) is 10.7 Å². The van der Waals surface area contributed by atoms with Crippen LogP contribution in [0.25, 0.3) is 20.8 Å². The SMILES string of the molecule is Cc1cc(C)c2sc(-c3ccc(N)cc3)nc2c1. The van der Waals surface area contributed by atoms with Crippen LogP contribution in [-0.2, 0) is 0 Å². The quantitative estimate of drug-likeness (QED) is 0.662. The number of anilines is 1. The molecule has 18 heavy (non-hydrogen) atoms. The van der Waals surface area contributed by atoms with Crippen molar-refractivity contribution in [2.24, 2.45) is 0 Å². The molecule has 1 aromatic heterocycles. The first kappa shape index (κ1) is 11.2. The van der Waals surface area contributed by atoms with Gasteiger partial charge in [0.1, 0.15) is 5.01 Å². The Morgan fingerprint density at radius 2 is 1.78 bits per heavy atom. The molecule has 0 fully saturated rings. The van der Waals surface area contributed by atoms with Crippen molar-refractivity contribution < 1.29 is 0 Å². The van der Waals surface area contributed by atoms with Crippen molar-refractivity contribution in [2.45, 2.75) is 13.8 Å². The lowest BCUT2D eigenvalue weighted by molar-refractivity contribution is 1.40. The van der Waals surface area contributed by atoms with Gasteiger partial charge in [0.05, 0.1) is 10.2 Å². The molecule has 0 aliphatic heterocycles. The van der Waals surface area contributed by atoms with E-state index in [-0.39, 0.29) is 0 Å². The second-order valence-electron chi connectivity index (χ2n) is 4.57. The Bertz CT molecular complexity index is 711. The third kappa shape index (κ3) is 1.87. The van der Waals surface area contributed by atoms with Gasteiger partial charge in [0.15, 0.2) is 0 Å². The molecule has 0 spiro atoms. The monoisotopic (exact) mass is 254 g/mol. The van der Waals surface area contributed by atoms with Crippen LogP contribution < -0.4 is 5.73 Å². The van der Waals surface area contributed by atoms with Gasteiger partial charge >= 0.3 is 0 Å². The highest BCUT2D eigenvalue weighted by molar-refractivity contribution is 7.21. The molecule has 0 amide bonds. The van der Waals surface area contributed by atoms with Crippen molar-refractivity contribution in [3.05, 3.63) is 47.5 Å². The third-order valence-electron chi connectivity index (χ3n) is 2.98. The number of nitrogens with two attached hydrogens (primary N) is 1. The van der Waals surface area contributed by atoms with Gasteiger partial charge in [-0.1, -0.05) is 6.07 Å². The zero-order chi connectivity index (χ0) is 12.7. The number of hydrogen-bond donors (Lipinski definition) is 1. The van der Waals surface area contributed by atoms with Gasteiger partial charge in [-0.25, -0.2) is 4.98 Å². The summed E-state index contributed by atoms with van der Waals surface area (Å²) in [5.41, 5.74) is 11.3. The van der Waals surface area contributed by atoms with E-state index in [0.29, 0.717) is 0 Å². The molecule has 90 valence electrons. The number of rotatable bonds is 1. The van der Waals surface area contributed by atoms with Crippen molar-refractivity contribution in [2.75, 3.05) is 5.73 Å². The van der Waals surface area contributed by atoms with Crippen molar-refractivity contribution in [1.29, 1.82) is 0 Å². The van der Waals surface area contributed by atoms with Crippen LogP contribution in [0.4, 0.5) is 5.69 Å². The fraction of sp³-hybridized carbons (Fsp3) is 0.133. The summed E-state index contributed by atoms with van der Waals surface area (Å²) in [6.45, 7) is 4.24. The Morgan fingerprint density at radius 1 is 1.06 bits per heavy atom. The van der Waals surface area contributed by atoms with Crippen LogP contribution in [0.3, 0.4) is 0 Å². The molecular weight excluding hydrogens is 240 g/mol. The summed E-state index contributed by atoms with van der Waals surface area (Å²) in [7, 11) is 0. The van der Waals surface area contributed by atoms with Crippen molar-refractivity contribution in [3.63, 3.8) is 0 Å². The van der Waals surface area contributed by atoms with Gasteiger partial charge in [-0.3, -0.25) is 0 Å². The maximum absolute atomic E-state index is 5.71. The molecule has 0 bridgehead atoms. The molecule has 2 aromatic carbocycles. The zero-order valence-electron chi connectivity index (χ0n) is 10.4. The van der Waals surface area contributed by atoms with Crippen LogP contribution >= 0.6 is 11.3 Å². The summed E-state index contributed by atoms with van der Waals surface area (Å²) < 4.78 is 1.27. The van der Waals surface area contributed by atoms with Crippen LogP contribution in [0.1, 0.15) is 11.1 Å². The summed E-state index contributed by atoms with van der Waals surface area (Å²) in [5.74, 6) is 0. The van der Waals surface area contributed by atoms with Crippen LogP contribution in [0, 0.1) is 13.8 Å². The van der Waals surface area contributed by atoms with E-state index in [1.807, 2.05) is 24.3 Å². The lowest BCUT2D eigenvalue weighted by atomic mass is 10.1. The minimum Gasteiger partial charge on any atom is -0.399 e. The first-order valence-corrected chi connectivity index (χ1v) is 6.69. The maximum Gasteiger partial charge on any atom is 0.124 e. The minimum atomic E-state index is 0.784. The minimum absolute atomic E-state index is 0.784. The van der Waals surface area contributed by atoms with Crippen LogP contribution in [0.15, 0.2) is 36.4 Å². The largest absolute Gasteiger partial charge is 0.399 e. The van der Waals surface area contributed by atoms with E-state index >= 15 is 0 Å². The van der Waals surface area contributed by atoms with Gasteiger partial charge < -0.3 is 5.73 Å². The Kier molecular flexibility index (Phi) is 2.56. The normalized spacial score (nSPS) is 11.0. The van der Waals surface area contributed by atoms with Gasteiger partial charge in [0.25, 0.3) is 0 Å². The maximum atomic E-state index is 5.71. The van der Waals surface area contributed by atoms with E-state index in [9.17, 15) is 0 Å². The first-order chi connectivity index (χ1) is 8.63. The molecule has 2 N–H and O–H groups in total. The summed E-state index contributed by atoms with van der Waals surface area (Å²) in [6, 6.07) is 12.2. The molecule has 0 saturated heterocycles. The molecule has 2 nitrogen and oxygen atoms in total. The number of nitrogens with zero attached hydrogens (tertiary/aromatic N) is 1. The summed E-state index contributed by atoms with van der Waals surface area (Å²) >= 11 is 1.74. The van der Waals surface area contributed by atoms with Gasteiger partial charge in [-0.2, -0.15) is 0 Å². The molecule has 0 aliphatic rings. The van der Waals surface area contributed by atoms with Gasteiger partial charge in [-0.05, 0) is 55.3 Å². The van der Waals surface area contributed by atoms with Crippen LogP contribution in [0.5, 0.6) is 0 Å². The second kappa shape index (κ2) is 4.10. The molecular formula is C15H14N2S. The number of nitrogen functional groups attached to an aromatic ring is 1. The fourth-order valence-corrected chi connectivity index (χ4v) is 3.15. The van der Waals surface area contributed by atoms with E-state index in [0.717, 1.165) is 21.8 Å². The summed E-state index contributed by atoms with van der Waals surface area (Å²) in [5, 5.41) is 1.05. The number of hydrogen-bond acceptors (Lipinski definition) is 3. The Labute approximate surface area is 110 Å². The molecule has 0 radical (unpaired) electrons. The number of thiazole rings is 1. The lowest BCUT2D eigenvalue weighted by Crippen LogP contribution is -1.83. The topological polar surface area (TPSA) is 38.9 Å². The predicted molar refractivity (Wildman–Crippen MR) is 78.9 cm³/mol. The highest BCUT2D eigenvalue weighted by atomic mass is 32.1. The van der Waals surface area contributed by atoms with Crippen molar-refractivity contribution in [1.82, 2.24) is 4.98 Å². The Morgan fingerprint density at radius 3 is 2.50 bits per heavy atom. The van der Waals surface area contributed by atoms with Crippen LogP contribution in [-0.4, -0.2) is 4.98 Å². The van der Waals surface area contributed by atoms with E-state index in [2.05, 4.69) is 26.0 Å². The van der Waals surface area contributed by atoms with Gasteiger partial charge in [0, 0.05) is 11.3 Å². The number of fused-ring (bicyclic) bond motifs is 1. The van der Waals surface area contributed by atoms with E-state index < -0.39 is 0 Å². The van der Waals surface area contributed by atoms with Crippen molar-refractivity contribution in [3.8, 4) is 10.6 Å². The molecule has 0 saturated carbocycles. The molecule has 0 aliphatic carbocycles. The number of aromatic nitrogens is 1. The smallest absolute Gasteiger partial charge is 0.124 e. The highest BCUT2D eigenvalue weighted by Crippen LogP contribution is 2.33. The summed E-state index contributed by atoms with van der Waals surface area (Å²) in [6.07, 6.45) is 0. The first-order valence-electron chi connectivity index (χ1n) is 5.87. The molecule has 3 heteroatoms. The average Bonchev–Trinajstić information content (AvgIpc) is 2.74. The highest BCUT2D eigenvalue weighted by Gasteiger charge is 2.08. The third-order valence-corrected chi connectivity index (χ3v) is 4.23. The predicted octanol–water partition coefficient (Wildman–Crippen LogP) is 4.16. The number of aryl methyl sites for hydroxylation is 2. The summed E-state index contributed by atoms with van der Waals surface area (Å²) in [4.78, 5) is 4.71. The van der Waals surface area contributed by atoms with Gasteiger partial charge in [0.2, 0.25) is 0 Å². The molecule has 3 aromatic rings. The van der Waals surface area contributed by atoms with Crippen LogP contribution in [0.2, 0.25) is 0 Å². The van der Waals surface area contributed by atoms with Crippen molar-refractivity contribution >= 4 is 27.2 Å². The van der Waals surface area contributed by atoms with E-state index in [1.54, 1.807) is 11.3 Å². The molecule has 0 unspecified atom stereocenters. The molecule has 1 heterocycles.